The van der Waals surface area contributed by atoms with Crippen molar-refractivity contribution < 1.29 is 9.90 Å². The third-order valence-corrected chi connectivity index (χ3v) is 9.23. The van der Waals surface area contributed by atoms with E-state index >= 15 is 0 Å². The fourth-order valence-electron chi connectivity index (χ4n) is 7.50. The number of carboxylic acids is 1. The van der Waals surface area contributed by atoms with Crippen LogP contribution in [-0.4, -0.2) is 57.7 Å². The zero-order valence-electron chi connectivity index (χ0n) is 20.6. The van der Waals surface area contributed by atoms with Crippen LogP contribution in [0, 0.1) is 17.8 Å². The van der Waals surface area contributed by atoms with Crippen molar-refractivity contribution in [2.24, 2.45) is 17.8 Å². The van der Waals surface area contributed by atoms with E-state index in [9.17, 15) is 9.59 Å². The van der Waals surface area contributed by atoms with Crippen LogP contribution in [0.25, 0.3) is 11.0 Å². The molecular weight excluding hydrogens is 440 g/mol. The number of benzene rings is 1. The number of fused-ring (bicyclic) bond motifs is 3. The molecule has 1 N–H and O–H groups in total. The van der Waals surface area contributed by atoms with Crippen molar-refractivity contribution in [2.75, 3.05) is 31.1 Å². The third kappa shape index (κ3) is 4.59. The molecule has 1 aromatic carbocycles. The van der Waals surface area contributed by atoms with Gasteiger partial charge in [-0.15, -0.1) is 0 Å². The summed E-state index contributed by atoms with van der Waals surface area (Å²) in [7, 11) is 0. The Bertz CT molecular complexity index is 1120. The monoisotopic (exact) mass is 478 g/mol. The number of para-hydroxylation sites is 2. The van der Waals surface area contributed by atoms with Crippen molar-refractivity contribution in [3.8, 4) is 0 Å². The number of carboxylic acid groups (broad SMARTS) is 1. The molecule has 188 valence electrons. The number of rotatable bonds is 5. The molecule has 7 heteroatoms. The van der Waals surface area contributed by atoms with E-state index in [-0.39, 0.29) is 23.9 Å². The highest BCUT2D eigenvalue weighted by molar-refractivity contribution is 5.77. The molecule has 6 rings (SSSR count). The Hall–Kier alpha value is -2.41. The molecule has 2 aliphatic carbocycles. The standard InChI is InChI=1S/C28H38N4O3/c33-26(34)16-21-17-31(18-21)27-28(35)32(25-8-4-3-7-24(25)29-27)22-9-11-30(12-10-22)23-14-19-5-1-2-6-20(13-19)15-23/h3-4,7-8,19-23H,1-2,5-6,9-18H2,(H,33,34)/t19-,20+,23?. The Morgan fingerprint density at radius 2 is 1.63 bits per heavy atom. The number of likely N-dealkylation sites (tertiary alicyclic amines) is 1. The van der Waals surface area contributed by atoms with Gasteiger partial charge in [0.15, 0.2) is 5.82 Å². The van der Waals surface area contributed by atoms with Gasteiger partial charge in [0.05, 0.1) is 17.5 Å². The maximum absolute atomic E-state index is 13.7. The quantitative estimate of drug-likeness (QED) is 0.690. The van der Waals surface area contributed by atoms with Gasteiger partial charge in [-0.2, -0.15) is 0 Å². The van der Waals surface area contributed by atoms with Crippen LogP contribution in [0.5, 0.6) is 0 Å². The number of aliphatic carboxylic acids is 1. The third-order valence-electron chi connectivity index (χ3n) is 9.23. The number of piperidine rings is 1. The van der Waals surface area contributed by atoms with E-state index in [0.717, 1.165) is 54.8 Å². The lowest BCUT2D eigenvalue weighted by molar-refractivity contribution is -0.138. The van der Waals surface area contributed by atoms with Crippen molar-refractivity contribution in [3.63, 3.8) is 0 Å². The number of hydrogen-bond acceptors (Lipinski definition) is 5. The Kier molecular flexibility index (Phi) is 6.29. The fraction of sp³-hybridized carbons (Fsp3) is 0.679. The molecule has 2 bridgehead atoms. The van der Waals surface area contributed by atoms with Gasteiger partial charge in [-0.05, 0) is 56.1 Å². The molecule has 0 amide bonds. The van der Waals surface area contributed by atoms with Crippen LogP contribution in [-0.2, 0) is 4.79 Å². The molecule has 2 aliphatic heterocycles. The second kappa shape index (κ2) is 9.57. The largest absolute Gasteiger partial charge is 0.481 e. The maximum Gasteiger partial charge on any atom is 0.303 e. The molecule has 4 fully saturated rings. The number of aromatic nitrogens is 2. The molecule has 3 atom stereocenters. The molecule has 1 aromatic heterocycles. The van der Waals surface area contributed by atoms with Crippen LogP contribution >= 0.6 is 0 Å². The Morgan fingerprint density at radius 3 is 2.31 bits per heavy atom. The van der Waals surface area contributed by atoms with E-state index in [4.69, 9.17) is 10.1 Å². The van der Waals surface area contributed by atoms with Crippen LogP contribution < -0.4 is 10.5 Å². The summed E-state index contributed by atoms with van der Waals surface area (Å²) < 4.78 is 2.01. The summed E-state index contributed by atoms with van der Waals surface area (Å²) in [5.41, 5.74) is 1.76. The van der Waals surface area contributed by atoms with Gasteiger partial charge in [0.1, 0.15) is 0 Å². The van der Waals surface area contributed by atoms with Gasteiger partial charge in [-0.25, -0.2) is 4.98 Å². The van der Waals surface area contributed by atoms with Gasteiger partial charge in [0, 0.05) is 44.2 Å². The zero-order chi connectivity index (χ0) is 23.9. The molecular formula is C28H38N4O3. The summed E-state index contributed by atoms with van der Waals surface area (Å²) in [6, 6.07) is 8.89. The van der Waals surface area contributed by atoms with Gasteiger partial charge in [-0.3, -0.25) is 9.59 Å². The number of nitrogens with zero attached hydrogens (tertiary/aromatic N) is 4. The lowest BCUT2D eigenvalue weighted by atomic mass is 9.77. The minimum Gasteiger partial charge on any atom is -0.481 e. The number of carbonyl (C=O) groups is 1. The van der Waals surface area contributed by atoms with Gasteiger partial charge >= 0.3 is 5.97 Å². The van der Waals surface area contributed by atoms with Gasteiger partial charge < -0.3 is 19.5 Å². The Morgan fingerprint density at radius 1 is 0.943 bits per heavy atom. The first-order valence-electron chi connectivity index (χ1n) is 13.8. The number of hydrogen-bond donors (Lipinski definition) is 1. The predicted octanol–water partition coefficient (Wildman–Crippen LogP) is 4.30. The molecule has 0 radical (unpaired) electrons. The van der Waals surface area contributed by atoms with Crippen molar-refractivity contribution in [2.45, 2.75) is 76.3 Å². The molecule has 1 unspecified atom stereocenters. The van der Waals surface area contributed by atoms with Gasteiger partial charge in [-0.1, -0.05) is 37.8 Å². The summed E-state index contributed by atoms with van der Waals surface area (Å²) in [5, 5.41) is 9.09. The van der Waals surface area contributed by atoms with E-state index in [1.54, 1.807) is 0 Å². The minimum atomic E-state index is -0.775. The first-order chi connectivity index (χ1) is 17.0. The summed E-state index contributed by atoms with van der Waals surface area (Å²) >= 11 is 0. The highest BCUT2D eigenvalue weighted by atomic mass is 16.4. The normalized spacial score (nSPS) is 28.6. The van der Waals surface area contributed by atoms with Gasteiger partial charge in [0.2, 0.25) is 0 Å². The summed E-state index contributed by atoms with van der Waals surface area (Å²) in [6.45, 7) is 3.32. The van der Waals surface area contributed by atoms with Crippen LogP contribution in [0.15, 0.2) is 29.1 Å². The van der Waals surface area contributed by atoms with Crippen molar-refractivity contribution in [1.82, 2.24) is 14.5 Å². The highest BCUT2D eigenvalue weighted by Crippen LogP contribution is 2.41. The van der Waals surface area contributed by atoms with Crippen molar-refractivity contribution in [3.05, 3.63) is 34.6 Å². The molecule has 2 saturated heterocycles. The van der Waals surface area contributed by atoms with E-state index in [2.05, 4.69) is 4.90 Å². The average Bonchev–Trinajstić information content (AvgIpc) is 3.00. The summed E-state index contributed by atoms with van der Waals surface area (Å²) in [6.07, 6.45) is 12.0. The maximum atomic E-state index is 13.7. The zero-order valence-corrected chi connectivity index (χ0v) is 20.6. The molecule has 3 heterocycles. The van der Waals surface area contributed by atoms with E-state index in [0.29, 0.717) is 18.9 Å². The molecule has 7 nitrogen and oxygen atoms in total. The topological polar surface area (TPSA) is 78.7 Å². The fourth-order valence-corrected chi connectivity index (χ4v) is 7.50. The summed E-state index contributed by atoms with van der Waals surface area (Å²) in [5.74, 6) is 1.66. The van der Waals surface area contributed by atoms with Crippen LogP contribution in [0.3, 0.4) is 0 Å². The van der Waals surface area contributed by atoms with Crippen molar-refractivity contribution in [1.29, 1.82) is 0 Å². The average molecular weight is 479 g/mol. The lowest BCUT2D eigenvalue weighted by Crippen LogP contribution is -2.51. The van der Waals surface area contributed by atoms with Crippen molar-refractivity contribution >= 4 is 22.8 Å². The highest BCUT2D eigenvalue weighted by Gasteiger charge is 2.36. The van der Waals surface area contributed by atoms with Gasteiger partial charge in [0.25, 0.3) is 5.56 Å². The predicted molar refractivity (Wildman–Crippen MR) is 137 cm³/mol. The smallest absolute Gasteiger partial charge is 0.303 e. The van der Waals surface area contributed by atoms with E-state index in [1.165, 1.54) is 44.9 Å². The SMILES string of the molecule is O=C(O)CC1CN(c2nc3ccccc3n(C3CCN(C4C[C@H]5CCCC[C@@H](C4)C5)CC3)c2=O)C1. The van der Waals surface area contributed by atoms with Crippen LogP contribution in [0.1, 0.15) is 70.3 Å². The molecule has 35 heavy (non-hydrogen) atoms. The Labute approximate surface area is 207 Å². The summed E-state index contributed by atoms with van der Waals surface area (Å²) in [4.78, 5) is 34.2. The second-order valence-electron chi connectivity index (χ2n) is 11.6. The van der Waals surface area contributed by atoms with E-state index in [1.807, 2.05) is 33.7 Å². The molecule has 2 saturated carbocycles. The minimum absolute atomic E-state index is 0.0142. The van der Waals surface area contributed by atoms with E-state index < -0.39 is 5.97 Å². The second-order valence-corrected chi connectivity index (χ2v) is 11.6. The van der Waals surface area contributed by atoms with Crippen LogP contribution in [0.2, 0.25) is 0 Å². The Balaban J connectivity index is 1.20. The first-order valence-corrected chi connectivity index (χ1v) is 13.8. The van der Waals surface area contributed by atoms with Crippen LogP contribution in [0.4, 0.5) is 5.82 Å². The first kappa shape index (κ1) is 23.0. The molecule has 4 aliphatic rings. The molecule has 2 aromatic rings. The lowest BCUT2D eigenvalue weighted by Gasteiger charge is -2.44. The molecule has 0 spiro atoms. The number of anilines is 1.